The van der Waals surface area contributed by atoms with Gasteiger partial charge in [0.15, 0.2) is 0 Å². The van der Waals surface area contributed by atoms with Crippen molar-refractivity contribution in [1.29, 1.82) is 0 Å². The fourth-order valence-electron chi connectivity index (χ4n) is 2.95. The Kier molecular flexibility index (Phi) is 6.25. The van der Waals surface area contributed by atoms with E-state index in [1.807, 2.05) is 24.3 Å². The minimum absolute atomic E-state index is 0.240. The summed E-state index contributed by atoms with van der Waals surface area (Å²) in [6.07, 6.45) is 4.29. The quantitative estimate of drug-likeness (QED) is 0.551. The summed E-state index contributed by atoms with van der Waals surface area (Å²) in [5.74, 6) is 0.379. The Morgan fingerprint density at radius 1 is 1.23 bits per heavy atom. The number of alkyl halides is 3. The van der Waals surface area contributed by atoms with E-state index in [1.165, 1.54) is 0 Å². The molecule has 0 aliphatic heterocycles. The summed E-state index contributed by atoms with van der Waals surface area (Å²) in [7, 11) is 1.61. The van der Waals surface area contributed by atoms with Crippen LogP contribution in [0, 0.1) is 5.92 Å². The molecule has 0 spiro atoms. The highest BCUT2D eigenvalue weighted by atomic mass is 35.6. The summed E-state index contributed by atoms with van der Waals surface area (Å²) in [5.41, 5.74) is 0.919. The van der Waals surface area contributed by atoms with Gasteiger partial charge in [-0.1, -0.05) is 59.8 Å². The van der Waals surface area contributed by atoms with Crippen LogP contribution in [0.3, 0.4) is 0 Å². The summed E-state index contributed by atoms with van der Waals surface area (Å²) in [4.78, 5) is 12.5. The lowest BCUT2D eigenvalue weighted by atomic mass is 9.85. The summed E-state index contributed by atoms with van der Waals surface area (Å²) in [5, 5.41) is 0. The maximum atomic E-state index is 12.5. The lowest BCUT2D eigenvalue weighted by Gasteiger charge is -2.23. The van der Waals surface area contributed by atoms with Crippen molar-refractivity contribution >= 4 is 40.8 Å². The molecule has 0 saturated heterocycles. The predicted molar refractivity (Wildman–Crippen MR) is 88.9 cm³/mol. The Balaban J connectivity index is 2.16. The zero-order valence-electron chi connectivity index (χ0n) is 12.4. The monoisotopic (exact) mass is 364 g/mol. The molecule has 1 aliphatic rings. The van der Waals surface area contributed by atoms with Crippen molar-refractivity contribution in [2.75, 3.05) is 13.7 Å². The third kappa shape index (κ3) is 4.94. The van der Waals surface area contributed by atoms with Gasteiger partial charge in [-0.2, -0.15) is 0 Å². The predicted octanol–water partition coefficient (Wildman–Crippen LogP) is 4.88. The lowest BCUT2D eigenvalue weighted by molar-refractivity contribution is -0.146. The second-order valence-corrected chi connectivity index (χ2v) is 8.03. The highest BCUT2D eigenvalue weighted by Gasteiger charge is 2.34. The molecule has 0 heterocycles. The van der Waals surface area contributed by atoms with E-state index in [0.29, 0.717) is 0 Å². The molecule has 22 heavy (non-hydrogen) atoms. The van der Waals surface area contributed by atoms with Crippen LogP contribution in [-0.4, -0.2) is 23.5 Å². The van der Waals surface area contributed by atoms with Crippen molar-refractivity contribution in [3.8, 4) is 5.75 Å². The van der Waals surface area contributed by atoms with Gasteiger partial charge in [0.05, 0.1) is 13.0 Å². The number of carbonyl (C=O) groups excluding carboxylic acids is 1. The number of halogens is 3. The summed E-state index contributed by atoms with van der Waals surface area (Å²) in [6.45, 7) is -0.240. The SMILES string of the molecule is COc1ccc(C(C(=O)OCC(Cl)(Cl)Cl)C2CCCC2)cc1. The third-order valence-electron chi connectivity index (χ3n) is 3.98. The number of rotatable bonds is 5. The lowest BCUT2D eigenvalue weighted by Crippen LogP contribution is -2.26. The van der Waals surface area contributed by atoms with Gasteiger partial charge in [0, 0.05) is 0 Å². The van der Waals surface area contributed by atoms with E-state index in [4.69, 9.17) is 44.3 Å². The van der Waals surface area contributed by atoms with E-state index in [1.54, 1.807) is 7.11 Å². The molecule has 1 saturated carbocycles. The Morgan fingerprint density at radius 2 is 1.82 bits per heavy atom. The normalized spacial score (nSPS) is 17.3. The van der Waals surface area contributed by atoms with Crippen LogP contribution < -0.4 is 4.74 Å². The Labute approximate surface area is 145 Å². The first-order valence-corrected chi connectivity index (χ1v) is 8.41. The molecule has 122 valence electrons. The molecule has 1 atom stereocenters. The average Bonchev–Trinajstić information content (AvgIpc) is 2.99. The van der Waals surface area contributed by atoms with E-state index in [-0.39, 0.29) is 24.4 Å². The van der Waals surface area contributed by atoms with Gasteiger partial charge in [-0.3, -0.25) is 4.79 Å². The molecule has 1 aromatic carbocycles. The number of hydrogen-bond acceptors (Lipinski definition) is 3. The second-order valence-electron chi connectivity index (χ2n) is 5.52. The van der Waals surface area contributed by atoms with Gasteiger partial charge in [0.2, 0.25) is 3.79 Å². The van der Waals surface area contributed by atoms with Crippen molar-refractivity contribution in [3.05, 3.63) is 29.8 Å². The Morgan fingerprint density at radius 3 is 2.32 bits per heavy atom. The van der Waals surface area contributed by atoms with Crippen LogP contribution in [-0.2, 0) is 9.53 Å². The maximum Gasteiger partial charge on any atom is 0.313 e. The first-order chi connectivity index (χ1) is 10.4. The van der Waals surface area contributed by atoms with Crippen LogP contribution >= 0.6 is 34.8 Å². The highest BCUT2D eigenvalue weighted by Crippen LogP contribution is 2.39. The van der Waals surface area contributed by atoms with Crippen molar-refractivity contribution in [3.63, 3.8) is 0 Å². The van der Waals surface area contributed by atoms with Gasteiger partial charge in [-0.15, -0.1) is 0 Å². The van der Waals surface area contributed by atoms with E-state index in [9.17, 15) is 4.79 Å². The number of carbonyl (C=O) groups is 1. The van der Waals surface area contributed by atoms with Crippen LogP contribution in [0.2, 0.25) is 0 Å². The Bertz CT molecular complexity index is 490. The third-order valence-corrected chi connectivity index (χ3v) is 4.31. The van der Waals surface area contributed by atoms with Gasteiger partial charge in [-0.05, 0) is 36.5 Å². The van der Waals surface area contributed by atoms with Gasteiger partial charge in [0.25, 0.3) is 0 Å². The van der Waals surface area contributed by atoms with Gasteiger partial charge >= 0.3 is 5.97 Å². The van der Waals surface area contributed by atoms with Crippen molar-refractivity contribution in [1.82, 2.24) is 0 Å². The van der Waals surface area contributed by atoms with Gasteiger partial charge < -0.3 is 9.47 Å². The van der Waals surface area contributed by atoms with Crippen molar-refractivity contribution in [2.45, 2.75) is 35.4 Å². The molecule has 0 N–H and O–H groups in total. The number of esters is 1. The molecule has 0 radical (unpaired) electrons. The van der Waals surface area contributed by atoms with Crippen LogP contribution in [0.1, 0.15) is 37.2 Å². The van der Waals surface area contributed by atoms with Crippen LogP contribution in [0.4, 0.5) is 0 Å². The van der Waals surface area contributed by atoms with E-state index in [2.05, 4.69) is 0 Å². The maximum absolute atomic E-state index is 12.5. The molecule has 6 heteroatoms. The van der Waals surface area contributed by atoms with Crippen molar-refractivity contribution in [2.24, 2.45) is 5.92 Å². The average molecular weight is 366 g/mol. The Hall–Kier alpha value is -0.640. The molecule has 1 aromatic rings. The van der Waals surface area contributed by atoms with Crippen LogP contribution in [0.5, 0.6) is 5.75 Å². The molecule has 0 amide bonds. The topological polar surface area (TPSA) is 35.5 Å². The molecule has 0 bridgehead atoms. The molecule has 1 unspecified atom stereocenters. The first kappa shape index (κ1) is 17.7. The summed E-state index contributed by atoms with van der Waals surface area (Å²) < 4.78 is 8.80. The fraction of sp³-hybridized carbons (Fsp3) is 0.562. The van der Waals surface area contributed by atoms with Gasteiger partial charge in [0.1, 0.15) is 12.4 Å². The minimum atomic E-state index is -1.59. The number of benzene rings is 1. The summed E-state index contributed by atoms with van der Waals surface area (Å²) in [6, 6.07) is 7.50. The largest absolute Gasteiger partial charge is 0.497 e. The number of ether oxygens (including phenoxy) is 2. The fourth-order valence-corrected chi connectivity index (χ4v) is 3.11. The zero-order valence-corrected chi connectivity index (χ0v) is 14.6. The molecular formula is C16H19Cl3O3. The number of hydrogen-bond donors (Lipinski definition) is 0. The molecule has 1 fully saturated rings. The molecular weight excluding hydrogens is 347 g/mol. The molecule has 0 aromatic heterocycles. The van der Waals surface area contributed by atoms with E-state index >= 15 is 0 Å². The first-order valence-electron chi connectivity index (χ1n) is 7.28. The molecule has 3 nitrogen and oxygen atoms in total. The molecule has 1 aliphatic carbocycles. The number of methoxy groups -OCH3 is 1. The van der Waals surface area contributed by atoms with Crippen LogP contribution in [0.25, 0.3) is 0 Å². The standard InChI is InChI=1S/C16H19Cl3O3/c1-21-13-8-6-12(7-9-13)14(11-4-2-3-5-11)15(20)22-10-16(17,18)19/h6-9,11,14H,2-5,10H2,1H3. The summed E-state index contributed by atoms with van der Waals surface area (Å²) >= 11 is 17.0. The minimum Gasteiger partial charge on any atom is -0.497 e. The van der Waals surface area contributed by atoms with Gasteiger partial charge in [-0.25, -0.2) is 0 Å². The van der Waals surface area contributed by atoms with Crippen molar-refractivity contribution < 1.29 is 14.3 Å². The van der Waals surface area contributed by atoms with E-state index in [0.717, 1.165) is 37.0 Å². The van der Waals surface area contributed by atoms with E-state index < -0.39 is 3.79 Å². The second kappa shape index (κ2) is 7.76. The zero-order chi connectivity index (χ0) is 16.2. The smallest absolute Gasteiger partial charge is 0.313 e. The molecule has 2 rings (SSSR count). The van der Waals surface area contributed by atoms with Crippen LogP contribution in [0.15, 0.2) is 24.3 Å². The highest BCUT2D eigenvalue weighted by molar-refractivity contribution is 6.67.